The van der Waals surface area contributed by atoms with Gasteiger partial charge >= 0.3 is 0 Å². The van der Waals surface area contributed by atoms with Crippen LogP contribution in [-0.2, 0) is 6.54 Å². The van der Waals surface area contributed by atoms with Crippen LogP contribution in [0.2, 0.25) is 0 Å². The van der Waals surface area contributed by atoms with Crippen molar-refractivity contribution in [2.45, 2.75) is 6.54 Å². The van der Waals surface area contributed by atoms with E-state index in [2.05, 4.69) is 25.1 Å². The highest BCUT2D eigenvalue weighted by atomic mass is 19.1. The van der Waals surface area contributed by atoms with Gasteiger partial charge in [0.1, 0.15) is 5.82 Å². The van der Waals surface area contributed by atoms with Crippen molar-refractivity contribution in [3.05, 3.63) is 84.2 Å². The highest BCUT2D eigenvalue weighted by Crippen LogP contribution is 2.21. The van der Waals surface area contributed by atoms with Crippen LogP contribution in [0.1, 0.15) is 15.9 Å². The number of nitrogens with zero attached hydrogens (tertiary/aromatic N) is 4. The van der Waals surface area contributed by atoms with Crippen molar-refractivity contribution in [2.24, 2.45) is 0 Å². The van der Waals surface area contributed by atoms with Crippen molar-refractivity contribution < 1.29 is 9.18 Å². The summed E-state index contributed by atoms with van der Waals surface area (Å²) in [5.74, 6) is -0.384. The van der Waals surface area contributed by atoms with E-state index in [0.717, 1.165) is 43.1 Å². The van der Waals surface area contributed by atoms with Gasteiger partial charge in [-0.1, -0.05) is 6.07 Å². The van der Waals surface area contributed by atoms with Gasteiger partial charge in [0, 0.05) is 57.0 Å². The maximum Gasteiger partial charge on any atom is 0.253 e. The van der Waals surface area contributed by atoms with E-state index >= 15 is 0 Å². The fourth-order valence-electron chi connectivity index (χ4n) is 3.39. The van der Waals surface area contributed by atoms with E-state index in [1.165, 1.54) is 12.1 Å². The molecule has 1 saturated heterocycles. The van der Waals surface area contributed by atoms with Crippen molar-refractivity contribution in [1.29, 1.82) is 0 Å². The number of hydrogen-bond acceptors (Lipinski definition) is 5. The van der Waals surface area contributed by atoms with Crippen LogP contribution in [0, 0.1) is 5.82 Å². The molecule has 29 heavy (non-hydrogen) atoms. The molecule has 6 nitrogen and oxygen atoms in total. The van der Waals surface area contributed by atoms with Crippen molar-refractivity contribution in [3.8, 4) is 0 Å². The van der Waals surface area contributed by atoms with E-state index in [4.69, 9.17) is 0 Å². The number of pyridine rings is 2. The molecule has 2 aromatic heterocycles. The van der Waals surface area contributed by atoms with Gasteiger partial charge in [-0.25, -0.2) is 4.39 Å². The van der Waals surface area contributed by atoms with Crippen LogP contribution < -0.4 is 15.1 Å². The summed E-state index contributed by atoms with van der Waals surface area (Å²) in [6.45, 7) is 3.68. The quantitative estimate of drug-likeness (QED) is 0.725. The van der Waals surface area contributed by atoms with Gasteiger partial charge in [0.2, 0.25) is 0 Å². The number of aromatic nitrogens is 2. The third-order valence-corrected chi connectivity index (χ3v) is 5.00. The number of halogens is 1. The number of rotatable bonds is 5. The van der Waals surface area contributed by atoms with Crippen molar-refractivity contribution in [2.75, 3.05) is 36.0 Å². The normalized spacial score (nSPS) is 14.0. The molecular formula is C22H22FN5O. The second kappa shape index (κ2) is 8.68. The molecule has 1 fully saturated rings. The average molecular weight is 391 g/mol. The summed E-state index contributed by atoms with van der Waals surface area (Å²) >= 11 is 0. The second-order valence-corrected chi connectivity index (χ2v) is 6.93. The molecule has 1 aliphatic rings. The minimum atomic E-state index is -0.225. The lowest BCUT2D eigenvalue weighted by molar-refractivity contribution is 0.0950. The second-order valence-electron chi connectivity index (χ2n) is 6.93. The van der Waals surface area contributed by atoms with Gasteiger partial charge in [-0.3, -0.25) is 14.8 Å². The van der Waals surface area contributed by atoms with E-state index < -0.39 is 0 Å². The highest BCUT2D eigenvalue weighted by Gasteiger charge is 2.19. The van der Waals surface area contributed by atoms with Gasteiger partial charge in [0.15, 0.2) is 0 Å². The molecular weight excluding hydrogens is 369 g/mol. The molecule has 0 saturated carbocycles. The number of carbonyl (C=O) groups excluding carboxylic acids is 1. The monoisotopic (exact) mass is 391 g/mol. The Hall–Kier alpha value is -3.48. The topological polar surface area (TPSA) is 61.4 Å². The molecule has 0 aliphatic carbocycles. The summed E-state index contributed by atoms with van der Waals surface area (Å²) in [7, 11) is 0. The predicted molar refractivity (Wildman–Crippen MR) is 110 cm³/mol. The molecule has 3 heterocycles. The van der Waals surface area contributed by atoms with Crippen LogP contribution in [0.3, 0.4) is 0 Å². The van der Waals surface area contributed by atoms with Gasteiger partial charge in [-0.05, 0) is 42.0 Å². The standard InChI is InChI=1S/C22H22FN5O/c23-19-3-5-20(6-4-19)27-8-10-28(11-9-27)21-12-18(15-25-16-21)22(29)26-14-17-2-1-7-24-13-17/h1-7,12-13,15-16H,8-11,14H2,(H,26,29). The van der Waals surface area contributed by atoms with Gasteiger partial charge in [0.25, 0.3) is 5.91 Å². The number of anilines is 2. The van der Waals surface area contributed by atoms with Crippen molar-refractivity contribution in [1.82, 2.24) is 15.3 Å². The summed E-state index contributed by atoms with van der Waals surface area (Å²) in [4.78, 5) is 25.2. The first-order chi connectivity index (χ1) is 14.2. The summed E-state index contributed by atoms with van der Waals surface area (Å²) in [5, 5.41) is 2.90. The Morgan fingerprint density at radius 1 is 0.931 bits per heavy atom. The zero-order chi connectivity index (χ0) is 20.1. The molecule has 0 unspecified atom stereocenters. The smallest absolute Gasteiger partial charge is 0.253 e. The Labute approximate surface area is 169 Å². The average Bonchev–Trinajstić information content (AvgIpc) is 2.79. The Morgan fingerprint density at radius 2 is 1.66 bits per heavy atom. The lowest BCUT2D eigenvalue weighted by atomic mass is 10.2. The fraction of sp³-hybridized carbons (Fsp3) is 0.227. The number of nitrogens with one attached hydrogen (secondary N) is 1. The van der Waals surface area contributed by atoms with Gasteiger partial charge < -0.3 is 15.1 Å². The number of amides is 1. The van der Waals surface area contributed by atoms with Crippen LogP contribution in [0.15, 0.2) is 67.3 Å². The third kappa shape index (κ3) is 4.68. The molecule has 1 aromatic carbocycles. The van der Waals surface area contributed by atoms with Crippen molar-refractivity contribution in [3.63, 3.8) is 0 Å². The minimum absolute atomic E-state index is 0.159. The largest absolute Gasteiger partial charge is 0.368 e. The molecule has 4 rings (SSSR count). The van der Waals surface area contributed by atoms with Crippen LogP contribution >= 0.6 is 0 Å². The van der Waals surface area contributed by atoms with E-state index in [9.17, 15) is 9.18 Å². The molecule has 1 aliphatic heterocycles. The van der Waals surface area contributed by atoms with E-state index in [-0.39, 0.29) is 11.7 Å². The first-order valence-electron chi connectivity index (χ1n) is 9.57. The molecule has 7 heteroatoms. The molecule has 1 amide bonds. The Balaban J connectivity index is 1.36. The maximum atomic E-state index is 13.1. The highest BCUT2D eigenvalue weighted by molar-refractivity contribution is 5.94. The molecule has 148 valence electrons. The van der Waals surface area contributed by atoms with Crippen LogP contribution in [0.5, 0.6) is 0 Å². The molecule has 0 atom stereocenters. The number of carbonyl (C=O) groups is 1. The summed E-state index contributed by atoms with van der Waals surface area (Å²) in [6.07, 6.45) is 6.80. The summed E-state index contributed by atoms with van der Waals surface area (Å²) in [6, 6.07) is 12.2. The first-order valence-corrected chi connectivity index (χ1v) is 9.57. The van der Waals surface area contributed by atoms with Crippen LogP contribution in [-0.4, -0.2) is 42.1 Å². The summed E-state index contributed by atoms with van der Waals surface area (Å²) in [5.41, 5.74) is 3.43. The predicted octanol–water partition coefficient (Wildman–Crippen LogP) is 2.87. The zero-order valence-corrected chi connectivity index (χ0v) is 16.0. The molecule has 0 bridgehead atoms. The Morgan fingerprint density at radius 3 is 2.34 bits per heavy atom. The molecule has 1 N–H and O–H groups in total. The van der Waals surface area contributed by atoms with E-state index in [1.807, 2.05) is 18.2 Å². The number of piperazine rings is 1. The van der Waals surface area contributed by atoms with Crippen molar-refractivity contribution >= 4 is 17.3 Å². The minimum Gasteiger partial charge on any atom is -0.368 e. The van der Waals surface area contributed by atoms with Gasteiger partial charge in [-0.15, -0.1) is 0 Å². The Kier molecular flexibility index (Phi) is 5.65. The van der Waals surface area contributed by atoms with Gasteiger partial charge in [0.05, 0.1) is 17.4 Å². The molecule has 0 spiro atoms. The summed E-state index contributed by atoms with van der Waals surface area (Å²) < 4.78 is 13.1. The van der Waals surface area contributed by atoms with E-state index in [0.29, 0.717) is 12.1 Å². The fourth-order valence-corrected chi connectivity index (χ4v) is 3.39. The van der Waals surface area contributed by atoms with Crippen LogP contribution in [0.4, 0.5) is 15.8 Å². The maximum absolute atomic E-state index is 13.1. The lowest BCUT2D eigenvalue weighted by Crippen LogP contribution is -2.46. The van der Waals surface area contributed by atoms with Crippen LogP contribution in [0.25, 0.3) is 0 Å². The number of benzene rings is 1. The Bertz CT molecular complexity index is 956. The van der Waals surface area contributed by atoms with E-state index in [1.54, 1.807) is 36.9 Å². The molecule has 0 radical (unpaired) electrons. The third-order valence-electron chi connectivity index (χ3n) is 5.00. The lowest BCUT2D eigenvalue weighted by Gasteiger charge is -2.37. The molecule has 3 aromatic rings. The number of hydrogen-bond donors (Lipinski definition) is 1. The SMILES string of the molecule is O=C(NCc1cccnc1)c1cncc(N2CCN(c3ccc(F)cc3)CC2)c1. The first kappa shape index (κ1) is 18.9. The van der Waals surface area contributed by atoms with Gasteiger partial charge in [-0.2, -0.15) is 0 Å². The zero-order valence-electron chi connectivity index (χ0n) is 16.0.